The van der Waals surface area contributed by atoms with E-state index in [1.807, 2.05) is 7.05 Å². The second kappa shape index (κ2) is 12.4. The second-order valence-corrected chi connectivity index (χ2v) is 8.24. The van der Waals surface area contributed by atoms with Gasteiger partial charge in [-0.05, 0) is 49.6 Å². The van der Waals surface area contributed by atoms with Crippen LogP contribution < -0.4 is 11.1 Å². The number of nitrogens with one attached hydrogen (secondary N) is 1. The summed E-state index contributed by atoms with van der Waals surface area (Å²) in [5.41, 5.74) is 6.80. The Hall–Kier alpha value is -1.35. The van der Waals surface area contributed by atoms with E-state index in [2.05, 4.69) is 50.4 Å². The van der Waals surface area contributed by atoms with Crippen LogP contribution in [-0.2, 0) is 11.2 Å². The minimum atomic E-state index is -0.198. The lowest BCUT2D eigenvalue weighted by atomic mass is 9.95. The first-order chi connectivity index (χ1) is 13.6. The fraction of sp³-hybridized carbons (Fsp3) is 0.636. The lowest BCUT2D eigenvalue weighted by molar-refractivity contribution is -0.119. The molecule has 3 rings (SSSR count). The van der Waals surface area contributed by atoms with Crippen molar-refractivity contribution in [2.75, 3.05) is 46.3 Å². The van der Waals surface area contributed by atoms with Gasteiger partial charge in [0, 0.05) is 46.2 Å². The zero-order valence-electron chi connectivity index (χ0n) is 17.6. The fourth-order valence-corrected chi connectivity index (χ4v) is 4.49. The highest BCUT2D eigenvalue weighted by atomic mass is 127. The Kier molecular flexibility index (Phi) is 10.2. The summed E-state index contributed by atoms with van der Waals surface area (Å²) in [6.45, 7) is 6.31. The average molecular weight is 513 g/mol. The Morgan fingerprint density at radius 2 is 1.97 bits per heavy atom. The van der Waals surface area contributed by atoms with E-state index < -0.39 is 0 Å². The van der Waals surface area contributed by atoms with Crippen molar-refractivity contribution in [2.45, 2.75) is 32.1 Å². The van der Waals surface area contributed by atoms with Crippen LogP contribution in [0.25, 0.3) is 0 Å². The van der Waals surface area contributed by atoms with E-state index in [0.717, 1.165) is 57.9 Å². The molecule has 2 atom stereocenters. The molecule has 1 amide bonds. The zero-order chi connectivity index (χ0) is 19.8. The zero-order valence-corrected chi connectivity index (χ0v) is 19.9. The van der Waals surface area contributed by atoms with Crippen LogP contribution in [0, 0.1) is 11.8 Å². The van der Waals surface area contributed by atoms with Gasteiger partial charge in [-0.3, -0.25) is 9.79 Å². The summed E-state index contributed by atoms with van der Waals surface area (Å²) in [6.07, 6.45) is 5.01. The van der Waals surface area contributed by atoms with E-state index in [1.54, 1.807) is 0 Å². The minimum Gasteiger partial charge on any atom is -0.370 e. The van der Waals surface area contributed by atoms with Crippen LogP contribution in [0.2, 0.25) is 0 Å². The number of hydrogen-bond acceptors (Lipinski definition) is 3. The molecule has 1 aromatic rings. The van der Waals surface area contributed by atoms with Crippen molar-refractivity contribution in [3.8, 4) is 0 Å². The summed E-state index contributed by atoms with van der Waals surface area (Å²) in [7, 11) is 1.85. The molecule has 0 aromatic heterocycles. The summed E-state index contributed by atoms with van der Waals surface area (Å²) in [5, 5.41) is 3.58. The molecule has 3 N–H and O–H groups in total. The average Bonchev–Trinajstić information content (AvgIpc) is 3.15. The number of nitrogens with two attached hydrogens (primary N) is 1. The molecule has 29 heavy (non-hydrogen) atoms. The minimum absolute atomic E-state index is 0. The highest BCUT2D eigenvalue weighted by Crippen LogP contribution is 2.20. The van der Waals surface area contributed by atoms with Crippen molar-refractivity contribution >= 4 is 35.8 Å². The molecule has 0 radical (unpaired) electrons. The van der Waals surface area contributed by atoms with Gasteiger partial charge >= 0.3 is 0 Å². The van der Waals surface area contributed by atoms with Crippen LogP contribution in [0.15, 0.2) is 35.3 Å². The van der Waals surface area contributed by atoms with Crippen LogP contribution in [0.1, 0.15) is 31.2 Å². The van der Waals surface area contributed by atoms with Crippen molar-refractivity contribution in [3.63, 3.8) is 0 Å². The molecular formula is C22H36IN5O. The number of halogens is 1. The number of aliphatic imine (C=N–C) groups is 1. The Bertz CT molecular complexity index is 654. The van der Waals surface area contributed by atoms with E-state index in [9.17, 15) is 4.79 Å². The molecule has 0 spiro atoms. The van der Waals surface area contributed by atoms with Crippen LogP contribution in [0.3, 0.4) is 0 Å². The van der Waals surface area contributed by atoms with Gasteiger partial charge in [0.2, 0.25) is 5.91 Å². The van der Waals surface area contributed by atoms with Gasteiger partial charge in [0.05, 0.1) is 0 Å². The molecule has 0 aliphatic carbocycles. The molecular weight excluding hydrogens is 477 g/mol. The molecule has 7 heteroatoms. The Labute approximate surface area is 192 Å². The van der Waals surface area contributed by atoms with E-state index in [4.69, 9.17) is 5.73 Å². The Balaban J connectivity index is 0.00000300. The number of guanidine groups is 1. The van der Waals surface area contributed by atoms with Crippen LogP contribution in [0.4, 0.5) is 0 Å². The summed E-state index contributed by atoms with van der Waals surface area (Å²) >= 11 is 0. The molecule has 0 bridgehead atoms. The molecule has 2 fully saturated rings. The smallest absolute Gasteiger partial charge is 0.217 e. The third-order valence-electron chi connectivity index (χ3n) is 6.00. The molecule has 0 saturated carbocycles. The molecule has 162 valence electrons. The maximum absolute atomic E-state index is 11.2. The van der Waals surface area contributed by atoms with Crippen LogP contribution in [-0.4, -0.2) is 68.0 Å². The predicted molar refractivity (Wildman–Crippen MR) is 130 cm³/mol. The van der Waals surface area contributed by atoms with E-state index in [0.29, 0.717) is 18.3 Å². The third kappa shape index (κ3) is 7.77. The van der Waals surface area contributed by atoms with Crippen LogP contribution >= 0.6 is 24.0 Å². The van der Waals surface area contributed by atoms with Gasteiger partial charge in [0.25, 0.3) is 0 Å². The first-order valence-electron chi connectivity index (χ1n) is 10.6. The third-order valence-corrected chi connectivity index (χ3v) is 6.00. The van der Waals surface area contributed by atoms with E-state index in [-0.39, 0.29) is 29.9 Å². The maximum atomic E-state index is 11.2. The van der Waals surface area contributed by atoms with Crippen molar-refractivity contribution in [1.82, 2.24) is 15.1 Å². The van der Waals surface area contributed by atoms with Gasteiger partial charge in [-0.2, -0.15) is 0 Å². The number of likely N-dealkylation sites (tertiary alicyclic amines) is 2. The van der Waals surface area contributed by atoms with E-state index >= 15 is 0 Å². The molecule has 1 aromatic carbocycles. The van der Waals surface area contributed by atoms with Gasteiger partial charge in [0.15, 0.2) is 5.96 Å². The number of carbonyl (C=O) groups is 1. The number of primary amides is 1. The topological polar surface area (TPSA) is 74.0 Å². The SMILES string of the molecule is CN=C(NCC1CCN(CCc2ccccc2)C1)N1CCCC(CC(N)=O)C1.I. The summed E-state index contributed by atoms with van der Waals surface area (Å²) in [5.74, 6) is 1.79. The van der Waals surface area contributed by atoms with Gasteiger partial charge < -0.3 is 20.9 Å². The molecule has 2 aliphatic heterocycles. The first-order valence-corrected chi connectivity index (χ1v) is 10.6. The van der Waals surface area contributed by atoms with Gasteiger partial charge in [0.1, 0.15) is 0 Å². The van der Waals surface area contributed by atoms with Crippen LogP contribution in [0.5, 0.6) is 0 Å². The van der Waals surface area contributed by atoms with Crippen molar-refractivity contribution in [1.29, 1.82) is 0 Å². The van der Waals surface area contributed by atoms with Gasteiger partial charge in [-0.25, -0.2) is 0 Å². The largest absolute Gasteiger partial charge is 0.370 e. The quantitative estimate of drug-likeness (QED) is 0.334. The standard InChI is InChI=1S/C22H35N5O.HI/c1-24-22(27-11-5-8-19(17-27)14-21(23)28)25-15-20-10-13-26(16-20)12-9-18-6-3-2-4-7-18;/h2-4,6-7,19-20H,5,8-17H2,1H3,(H2,23,28)(H,24,25);1H. The van der Waals surface area contributed by atoms with Gasteiger partial charge in [-0.1, -0.05) is 30.3 Å². The number of benzene rings is 1. The number of carbonyl (C=O) groups excluding carboxylic acids is 1. The molecule has 2 aliphatic rings. The monoisotopic (exact) mass is 513 g/mol. The number of rotatable bonds is 7. The molecule has 2 saturated heterocycles. The second-order valence-electron chi connectivity index (χ2n) is 8.24. The van der Waals surface area contributed by atoms with Gasteiger partial charge in [-0.15, -0.1) is 24.0 Å². The predicted octanol–water partition coefficient (Wildman–Crippen LogP) is 2.33. The first kappa shape index (κ1) is 23.9. The molecule has 6 nitrogen and oxygen atoms in total. The normalized spacial score (nSPS) is 22.9. The Morgan fingerprint density at radius 3 is 2.69 bits per heavy atom. The summed E-state index contributed by atoms with van der Waals surface area (Å²) < 4.78 is 0. The lowest BCUT2D eigenvalue weighted by Crippen LogP contribution is -2.48. The molecule has 2 unspecified atom stereocenters. The summed E-state index contributed by atoms with van der Waals surface area (Å²) in [6, 6.07) is 10.7. The fourth-order valence-electron chi connectivity index (χ4n) is 4.49. The highest BCUT2D eigenvalue weighted by molar-refractivity contribution is 14.0. The number of nitrogens with zero attached hydrogens (tertiary/aromatic N) is 3. The van der Waals surface area contributed by atoms with Crippen molar-refractivity contribution in [2.24, 2.45) is 22.6 Å². The highest BCUT2D eigenvalue weighted by Gasteiger charge is 2.26. The Morgan fingerprint density at radius 1 is 1.17 bits per heavy atom. The number of hydrogen-bond donors (Lipinski definition) is 2. The summed E-state index contributed by atoms with van der Waals surface area (Å²) in [4.78, 5) is 20.6. The van der Waals surface area contributed by atoms with E-state index in [1.165, 1.54) is 18.5 Å². The number of piperidine rings is 1. The number of amides is 1. The maximum Gasteiger partial charge on any atom is 0.217 e. The van der Waals surface area contributed by atoms with Crippen molar-refractivity contribution < 1.29 is 4.79 Å². The lowest BCUT2D eigenvalue weighted by Gasteiger charge is -2.35. The molecule has 2 heterocycles. The van der Waals surface area contributed by atoms with Crippen molar-refractivity contribution in [3.05, 3.63) is 35.9 Å².